The van der Waals surface area contributed by atoms with Crippen LogP contribution < -0.4 is 11.1 Å². The molecule has 0 heterocycles. The van der Waals surface area contributed by atoms with Crippen molar-refractivity contribution in [3.8, 4) is 0 Å². The SMILES string of the molecule is CC1(C)CCC(NC(=O)CCCN)C1. The average Bonchev–Trinajstić information content (AvgIpc) is 2.42. The number of hydrogen-bond acceptors (Lipinski definition) is 2. The molecule has 0 aliphatic heterocycles. The molecule has 0 radical (unpaired) electrons. The molecule has 1 fully saturated rings. The number of nitrogens with one attached hydrogen (secondary N) is 1. The van der Waals surface area contributed by atoms with Crippen LogP contribution in [0.3, 0.4) is 0 Å². The summed E-state index contributed by atoms with van der Waals surface area (Å²) < 4.78 is 0. The number of carbonyl (C=O) groups is 1. The van der Waals surface area contributed by atoms with Gasteiger partial charge in [-0.25, -0.2) is 0 Å². The van der Waals surface area contributed by atoms with Crippen LogP contribution in [-0.2, 0) is 4.79 Å². The fourth-order valence-electron chi connectivity index (χ4n) is 2.12. The Morgan fingerprint density at radius 1 is 1.57 bits per heavy atom. The summed E-state index contributed by atoms with van der Waals surface area (Å²) >= 11 is 0. The van der Waals surface area contributed by atoms with Crippen LogP contribution in [0.5, 0.6) is 0 Å². The van der Waals surface area contributed by atoms with Gasteiger partial charge >= 0.3 is 0 Å². The number of amides is 1. The molecule has 0 aromatic carbocycles. The molecule has 0 bridgehead atoms. The number of carbonyl (C=O) groups excluding carboxylic acids is 1. The van der Waals surface area contributed by atoms with Crippen molar-refractivity contribution in [1.82, 2.24) is 5.32 Å². The summed E-state index contributed by atoms with van der Waals surface area (Å²) in [7, 11) is 0. The van der Waals surface area contributed by atoms with Crippen LogP contribution in [-0.4, -0.2) is 18.5 Å². The fourth-order valence-corrected chi connectivity index (χ4v) is 2.12. The molecule has 1 unspecified atom stereocenters. The molecule has 3 nitrogen and oxygen atoms in total. The summed E-state index contributed by atoms with van der Waals surface area (Å²) in [6.07, 6.45) is 4.83. The molecular formula is C11H22N2O. The molecular weight excluding hydrogens is 176 g/mol. The first-order chi connectivity index (χ1) is 6.53. The Kier molecular flexibility index (Phi) is 3.93. The molecule has 0 spiro atoms. The zero-order chi connectivity index (χ0) is 10.6. The minimum absolute atomic E-state index is 0.165. The quantitative estimate of drug-likeness (QED) is 0.718. The molecule has 1 aliphatic rings. The summed E-state index contributed by atoms with van der Waals surface area (Å²) in [5, 5.41) is 3.07. The van der Waals surface area contributed by atoms with Gasteiger partial charge in [0.15, 0.2) is 0 Å². The van der Waals surface area contributed by atoms with Crippen LogP contribution in [0, 0.1) is 5.41 Å². The molecule has 82 valence electrons. The van der Waals surface area contributed by atoms with E-state index in [2.05, 4.69) is 19.2 Å². The van der Waals surface area contributed by atoms with Crippen molar-refractivity contribution in [1.29, 1.82) is 0 Å². The van der Waals surface area contributed by atoms with Crippen LogP contribution in [0.15, 0.2) is 0 Å². The predicted octanol–water partition coefficient (Wildman–Crippen LogP) is 1.42. The predicted molar refractivity (Wildman–Crippen MR) is 57.9 cm³/mol. The van der Waals surface area contributed by atoms with E-state index >= 15 is 0 Å². The standard InChI is InChI=1S/C11H22N2O/c1-11(2)6-5-9(8-11)13-10(14)4-3-7-12/h9H,3-8,12H2,1-2H3,(H,13,14). The van der Waals surface area contributed by atoms with Crippen LogP contribution in [0.25, 0.3) is 0 Å². The summed E-state index contributed by atoms with van der Waals surface area (Å²) in [5.41, 5.74) is 5.76. The van der Waals surface area contributed by atoms with Gasteiger partial charge in [-0.3, -0.25) is 4.79 Å². The second-order valence-corrected chi connectivity index (χ2v) is 5.06. The number of hydrogen-bond donors (Lipinski definition) is 2. The average molecular weight is 198 g/mol. The van der Waals surface area contributed by atoms with Gasteiger partial charge in [0, 0.05) is 12.5 Å². The summed E-state index contributed by atoms with van der Waals surface area (Å²) in [6, 6.07) is 0.398. The molecule has 0 aromatic rings. The zero-order valence-corrected chi connectivity index (χ0v) is 9.31. The van der Waals surface area contributed by atoms with Crippen molar-refractivity contribution in [2.24, 2.45) is 11.1 Å². The first-order valence-electron chi connectivity index (χ1n) is 5.53. The second kappa shape index (κ2) is 4.78. The van der Waals surface area contributed by atoms with E-state index in [1.807, 2.05) is 0 Å². The molecule has 3 N–H and O–H groups in total. The Morgan fingerprint density at radius 3 is 2.79 bits per heavy atom. The van der Waals surface area contributed by atoms with Gasteiger partial charge in [0.05, 0.1) is 0 Å². The van der Waals surface area contributed by atoms with Crippen molar-refractivity contribution in [2.45, 2.75) is 52.0 Å². The van der Waals surface area contributed by atoms with E-state index < -0.39 is 0 Å². The second-order valence-electron chi connectivity index (χ2n) is 5.06. The molecule has 1 amide bonds. The van der Waals surface area contributed by atoms with Gasteiger partial charge in [0.2, 0.25) is 5.91 Å². The van der Waals surface area contributed by atoms with Crippen LogP contribution in [0.4, 0.5) is 0 Å². The van der Waals surface area contributed by atoms with Gasteiger partial charge in [-0.05, 0) is 37.6 Å². The third kappa shape index (κ3) is 3.66. The Balaban J connectivity index is 2.22. The lowest BCUT2D eigenvalue weighted by atomic mass is 9.92. The lowest BCUT2D eigenvalue weighted by Crippen LogP contribution is -2.33. The van der Waals surface area contributed by atoms with E-state index in [-0.39, 0.29) is 5.91 Å². The van der Waals surface area contributed by atoms with Crippen LogP contribution in [0.2, 0.25) is 0 Å². The van der Waals surface area contributed by atoms with E-state index in [4.69, 9.17) is 5.73 Å². The van der Waals surface area contributed by atoms with Crippen LogP contribution >= 0.6 is 0 Å². The first kappa shape index (κ1) is 11.5. The minimum Gasteiger partial charge on any atom is -0.353 e. The molecule has 0 aromatic heterocycles. The highest BCUT2D eigenvalue weighted by Gasteiger charge is 2.31. The van der Waals surface area contributed by atoms with Crippen molar-refractivity contribution >= 4 is 5.91 Å². The number of nitrogens with two attached hydrogens (primary N) is 1. The lowest BCUT2D eigenvalue weighted by molar-refractivity contribution is -0.121. The van der Waals surface area contributed by atoms with E-state index in [0.29, 0.717) is 24.4 Å². The van der Waals surface area contributed by atoms with Crippen LogP contribution in [0.1, 0.15) is 46.0 Å². The molecule has 3 heteroatoms. The van der Waals surface area contributed by atoms with E-state index in [0.717, 1.165) is 19.3 Å². The Bertz CT molecular complexity index is 201. The maximum absolute atomic E-state index is 11.4. The highest BCUT2D eigenvalue weighted by atomic mass is 16.1. The van der Waals surface area contributed by atoms with Gasteiger partial charge in [0.1, 0.15) is 0 Å². The molecule has 1 saturated carbocycles. The highest BCUT2D eigenvalue weighted by Crippen LogP contribution is 2.36. The normalized spacial score (nSPS) is 24.9. The molecule has 1 atom stereocenters. The maximum Gasteiger partial charge on any atom is 0.220 e. The van der Waals surface area contributed by atoms with Crippen molar-refractivity contribution in [3.05, 3.63) is 0 Å². The largest absolute Gasteiger partial charge is 0.353 e. The van der Waals surface area contributed by atoms with Crippen molar-refractivity contribution in [3.63, 3.8) is 0 Å². The molecule has 0 saturated heterocycles. The van der Waals surface area contributed by atoms with Crippen molar-refractivity contribution < 1.29 is 4.79 Å². The minimum atomic E-state index is 0.165. The Labute approximate surface area is 86.4 Å². The summed E-state index contributed by atoms with van der Waals surface area (Å²) in [4.78, 5) is 11.4. The maximum atomic E-state index is 11.4. The van der Waals surface area contributed by atoms with Crippen molar-refractivity contribution in [2.75, 3.05) is 6.54 Å². The third-order valence-electron chi connectivity index (χ3n) is 2.94. The first-order valence-corrected chi connectivity index (χ1v) is 5.53. The summed E-state index contributed by atoms with van der Waals surface area (Å²) in [5.74, 6) is 0.165. The highest BCUT2D eigenvalue weighted by molar-refractivity contribution is 5.76. The van der Waals surface area contributed by atoms with Gasteiger partial charge in [0.25, 0.3) is 0 Å². The summed E-state index contributed by atoms with van der Waals surface area (Å²) in [6.45, 7) is 5.13. The molecule has 1 rings (SSSR count). The number of rotatable bonds is 4. The molecule has 14 heavy (non-hydrogen) atoms. The Morgan fingerprint density at radius 2 is 2.29 bits per heavy atom. The van der Waals surface area contributed by atoms with Gasteiger partial charge in [-0.15, -0.1) is 0 Å². The van der Waals surface area contributed by atoms with Gasteiger partial charge in [-0.2, -0.15) is 0 Å². The van der Waals surface area contributed by atoms with E-state index in [1.165, 1.54) is 6.42 Å². The Hall–Kier alpha value is -0.570. The third-order valence-corrected chi connectivity index (χ3v) is 2.94. The van der Waals surface area contributed by atoms with E-state index in [9.17, 15) is 4.79 Å². The van der Waals surface area contributed by atoms with Gasteiger partial charge in [-0.1, -0.05) is 13.8 Å². The monoisotopic (exact) mass is 198 g/mol. The van der Waals surface area contributed by atoms with Gasteiger partial charge < -0.3 is 11.1 Å². The lowest BCUT2D eigenvalue weighted by Gasteiger charge is -2.17. The fraction of sp³-hybridized carbons (Fsp3) is 0.909. The zero-order valence-electron chi connectivity index (χ0n) is 9.31. The van der Waals surface area contributed by atoms with E-state index in [1.54, 1.807) is 0 Å². The molecule has 1 aliphatic carbocycles. The topological polar surface area (TPSA) is 55.1 Å². The smallest absolute Gasteiger partial charge is 0.220 e.